The summed E-state index contributed by atoms with van der Waals surface area (Å²) < 4.78 is 10.7. The maximum Gasteiger partial charge on any atom is 0.191 e. The highest BCUT2D eigenvalue weighted by molar-refractivity contribution is 5.79. The molecule has 0 bridgehead atoms. The number of likely N-dealkylation sites (N-methyl/N-ethyl adjacent to an activating group) is 1. The molecule has 2 rings (SSSR count). The molecule has 1 saturated heterocycles. The van der Waals surface area contributed by atoms with E-state index in [0.717, 1.165) is 57.6 Å². The third-order valence-corrected chi connectivity index (χ3v) is 5.23. The molecule has 1 aliphatic rings. The van der Waals surface area contributed by atoms with Crippen LogP contribution in [0.2, 0.25) is 0 Å². The van der Waals surface area contributed by atoms with Gasteiger partial charge in [-0.2, -0.15) is 0 Å². The van der Waals surface area contributed by atoms with Crippen LogP contribution in [0.25, 0.3) is 0 Å². The first-order chi connectivity index (χ1) is 13.7. The number of methoxy groups -OCH3 is 2. The van der Waals surface area contributed by atoms with Crippen LogP contribution in [-0.4, -0.2) is 89.9 Å². The molecular formula is C21H37N5O2. The maximum atomic E-state index is 5.63. The number of aliphatic imine (C=N–C) groups is 1. The molecule has 28 heavy (non-hydrogen) atoms. The number of guanidine groups is 1. The minimum absolute atomic E-state index is 0.265. The van der Waals surface area contributed by atoms with Crippen molar-refractivity contribution in [3.8, 4) is 5.75 Å². The first-order valence-corrected chi connectivity index (χ1v) is 10.2. The van der Waals surface area contributed by atoms with E-state index in [1.54, 1.807) is 14.2 Å². The van der Waals surface area contributed by atoms with Crippen LogP contribution >= 0.6 is 0 Å². The number of hydrogen-bond donors (Lipinski definition) is 2. The molecule has 1 aliphatic heterocycles. The molecule has 0 aromatic heterocycles. The van der Waals surface area contributed by atoms with Crippen LogP contribution < -0.4 is 15.4 Å². The van der Waals surface area contributed by atoms with E-state index in [4.69, 9.17) is 9.47 Å². The molecule has 1 fully saturated rings. The lowest BCUT2D eigenvalue weighted by Gasteiger charge is -2.30. The van der Waals surface area contributed by atoms with Gasteiger partial charge in [-0.05, 0) is 39.0 Å². The fourth-order valence-corrected chi connectivity index (χ4v) is 3.57. The number of nitrogens with zero attached hydrogens (tertiary/aromatic N) is 3. The molecular weight excluding hydrogens is 354 g/mol. The lowest BCUT2D eigenvalue weighted by Crippen LogP contribution is -2.44. The van der Waals surface area contributed by atoms with Crippen LogP contribution in [0.1, 0.15) is 24.4 Å². The van der Waals surface area contributed by atoms with Gasteiger partial charge in [-0.1, -0.05) is 18.2 Å². The quantitative estimate of drug-likeness (QED) is 0.441. The monoisotopic (exact) mass is 391 g/mol. The van der Waals surface area contributed by atoms with E-state index in [9.17, 15) is 0 Å². The van der Waals surface area contributed by atoms with Gasteiger partial charge < -0.3 is 25.0 Å². The van der Waals surface area contributed by atoms with Gasteiger partial charge in [-0.3, -0.25) is 9.89 Å². The zero-order valence-corrected chi connectivity index (χ0v) is 17.9. The lowest BCUT2D eigenvalue weighted by molar-refractivity contribution is 0.162. The number of rotatable bonds is 11. The largest absolute Gasteiger partial charge is 0.496 e. The van der Waals surface area contributed by atoms with E-state index in [1.807, 2.05) is 19.2 Å². The van der Waals surface area contributed by atoms with Crippen LogP contribution in [0.15, 0.2) is 29.3 Å². The number of hydrogen-bond acceptors (Lipinski definition) is 5. The lowest BCUT2D eigenvalue weighted by atomic mass is 10.0. The van der Waals surface area contributed by atoms with E-state index >= 15 is 0 Å². The highest BCUT2D eigenvalue weighted by atomic mass is 16.5. The summed E-state index contributed by atoms with van der Waals surface area (Å²) in [7, 11) is 7.39. The smallest absolute Gasteiger partial charge is 0.191 e. The normalized spacial score (nSPS) is 16.4. The third kappa shape index (κ3) is 6.96. The molecule has 7 heteroatoms. The van der Waals surface area contributed by atoms with Crippen LogP contribution in [0.5, 0.6) is 5.75 Å². The van der Waals surface area contributed by atoms with Gasteiger partial charge in [-0.15, -0.1) is 0 Å². The van der Waals surface area contributed by atoms with Crippen molar-refractivity contribution in [2.75, 3.05) is 74.2 Å². The standard InChI is InChI=1S/C21H37N5O2/c1-22-21(23-11-14-25(2)15-16-27-3)24-17-19(26-12-7-8-13-26)18-9-5-6-10-20(18)28-4/h5-6,9-10,19H,7-8,11-17H2,1-4H3,(H2,22,23,24). The van der Waals surface area contributed by atoms with Crippen LogP contribution in [0, 0.1) is 0 Å². The van der Waals surface area contributed by atoms with Gasteiger partial charge in [0, 0.05) is 45.9 Å². The molecule has 0 saturated carbocycles. The van der Waals surface area contributed by atoms with E-state index in [2.05, 4.69) is 44.6 Å². The fourth-order valence-electron chi connectivity index (χ4n) is 3.57. The summed E-state index contributed by atoms with van der Waals surface area (Å²) in [5.74, 6) is 1.78. The molecule has 0 spiro atoms. The van der Waals surface area contributed by atoms with Gasteiger partial charge in [0.2, 0.25) is 0 Å². The van der Waals surface area contributed by atoms with Gasteiger partial charge in [0.15, 0.2) is 5.96 Å². The van der Waals surface area contributed by atoms with Crippen LogP contribution in [0.3, 0.4) is 0 Å². The molecule has 1 aromatic rings. The number of ether oxygens (including phenoxy) is 2. The highest BCUT2D eigenvalue weighted by Gasteiger charge is 2.25. The van der Waals surface area contributed by atoms with Crippen LogP contribution in [0.4, 0.5) is 0 Å². The van der Waals surface area contributed by atoms with E-state index in [0.29, 0.717) is 0 Å². The average Bonchev–Trinajstić information content (AvgIpc) is 3.26. The minimum atomic E-state index is 0.265. The zero-order chi connectivity index (χ0) is 20.2. The number of benzene rings is 1. The molecule has 158 valence electrons. The van der Waals surface area contributed by atoms with Gasteiger partial charge in [0.25, 0.3) is 0 Å². The van der Waals surface area contributed by atoms with Gasteiger partial charge in [0.05, 0.1) is 19.8 Å². The SMILES string of the molecule is CN=C(NCCN(C)CCOC)NCC(c1ccccc1OC)N1CCCC1. The summed E-state index contributed by atoms with van der Waals surface area (Å²) in [4.78, 5) is 9.16. The fraction of sp³-hybridized carbons (Fsp3) is 0.667. The predicted molar refractivity (Wildman–Crippen MR) is 115 cm³/mol. The number of para-hydroxylation sites is 1. The zero-order valence-electron chi connectivity index (χ0n) is 17.9. The van der Waals surface area contributed by atoms with E-state index in [-0.39, 0.29) is 6.04 Å². The minimum Gasteiger partial charge on any atom is -0.496 e. The molecule has 1 unspecified atom stereocenters. The van der Waals surface area contributed by atoms with Gasteiger partial charge >= 0.3 is 0 Å². The van der Waals surface area contributed by atoms with Crippen molar-refractivity contribution in [1.82, 2.24) is 20.4 Å². The summed E-state index contributed by atoms with van der Waals surface area (Å²) in [6, 6.07) is 8.59. The molecule has 0 radical (unpaired) electrons. The third-order valence-electron chi connectivity index (χ3n) is 5.23. The van der Waals surface area contributed by atoms with Crippen molar-refractivity contribution in [2.45, 2.75) is 18.9 Å². The molecule has 1 atom stereocenters. The summed E-state index contributed by atoms with van der Waals surface area (Å²) in [6.45, 7) is 6.49. The van der Waals surface area contributed by atoms with Crippen molar-refractivity contribution in [3.05, 3.63) is 29.8 Å². The Balaban J connectivity index is 1.92. The Morgan fingerprint density at radius 3 is 2.61 bits per heavy atom. The Morgan fingerprint density at radius 1 is 1.18 bits per heavy atom. The molecule has 1 heterocycles. The topological polar surface area (TPSA) is 61.4 Å². The Kier molecular flexibility index (Phi) is 10.1. The first kappa shape index (κ1) is 22.5. The first-order valence-electron chi connectivity index (χ1n) is 10.2. The van der Waals surface area contributed by atoms with Crippen LogP contribution in [-0.2, 0) is 4.74 Å². The van der Waals surface area contributed by atoms with Crippen molar-refractivity contribution in [1.29, 1.82) is 0 Å². The summed E-state index contributed by atoms with van der Waals surface area (Å²) in [5, 5.41) is 6.92. The van der Waals surface area contributed by atoms with E-state index in [1.165, 1.54) is 18.4 Å². The Bertz CT molecular complexity index is 590. The second-order valence-corrected chi connectivity index (χ2v) is 7.18. The predicted octanol–water partition coefficient (Wildman–Crippen LogP) is 1.58. The Hall–Kier alpha value is -1.83. The van der Waals surface area contributed by atoms with Gasteiger partial charge in [0.1, 0.15) is 5.75 Å². The maximum absolute atomic E-state index is 5.63. The van der Waals surface area contributed by atoms with Gasteiger partial charge in [-0.25, -0.2) is 0 Å². The molecule has 7 nitrogen and oxygen atoms in total. The number of likely N-dealkylation sites (tertiary alicyclic amines) is 1. The second kappa shape index (κ2) is 12.6. The number of nitrogens with one attached hydrogen (secondary N) is 2. The second-order valence-electron chi connectivity index (χ2n) is 7.18. The molecule has 2 N–H and O–H groups in total. The summed E-state index contributed by atoms with van der Waals surface area (Å²) in [5.41, 5.74) is 1.23. The molecule has 1 aromatic carbocycles. The van der Waals surface area contributed by atoms with Crippen molar-refractivity contribution in [2.24, 2.45) is 4.99 Å². The van der Waals surface area contributed by atoms with Crippen molar-refractivity contribution >= 4 is 5.96 Å². The van der Waals surface area contributed by atoms with E-state index < -0.39 is 0 Å². The van der Waals surface area contributed by atoms with Crippen molar-refractivity contribution in [3.63, 3.8) is 0 Å². The summed E-state index contributed by atoms with van der Waals surface area (Å²) in [6.07, 6.45) is 2.51. The Morgan fingerprint density at radius 2 is 1.93 bits per heavy atom. The summed E-state index contributed by atoms with van der Waals surface area (Å²) >= 11 is 0. The average molecular weight is 392 g/mol. The molecule has 0 amide bonds. The van der Waals surface area contributed by atoms with Crippen molar-refractivity contribution < 1.29 is 9.47 Å². The highest BCUT2D eigenvalue weighted by Crippen LogP contribution is 2.31. The Labute approximate surface area is 170 Å². The molecule has 0 aliphatic carbocycles.